The molecule has 0 amide bonds. The molecule has 0 spiro atoms. The third-order valence-corrected chi connectivity index (χ3v) is 4.92. The molecule has 1 aromatic carbocycles. The molecule has 1 atom stereocenters. The van der Waals surface area contributed by atoms with Gasteiger partial charge in [-0.25, -0.2) is 4.98 Å². The minimum absolute atomic E-state index is 0.601. The number of hydrogen-bond donors (Lipinski definition) is 1. The number of hydrogen-bond acceptors (Lipinski definition) is 3. The molecular weight excluding hydrogens is 338 g/mol. The summed E-state index contributed by atoms with van der Waals surface area (Å²) in [6.07, 6.45) is 5.93. The number of likely N-dealkylation sites (tertiary alicyclic amines) is 1. The Morgan fingerprint density at radius 2 is 2.19 bits per heavy atom. The molecule has 1 N–H and O–H groups in total. The monoisotopic (exact) mass is 369 g/mol. The molecule has 0 aliphatic carbocycles. The van der Waals surface area contributed by atoms with Crippen LogP contribution in [0.25, 0.3) is 0 Å². The van der Waals surface area contributed by atoms with E-state index < -0.39 is 0 Å². The molecule has 2 aromatic rings. The van der Waals surface area contributed by atoms with Crippen molar-refractivity contribution in [2.45, 2.75) is 26.3 Å². The molecule has 0 radical (unpaired) electrons. The number of methoxy groups -OCH3 is 1. The highest BCUT2D eigenvalue weighted by atomic mass is 16.5. The Hall–Kier alpha value is -2.34. The summed E-state index contributed by atoms with van der Waals surface area (Å²) in [5, 5.41) is 3.43. The fraction of sp³-hybridized carbons (Fsp3) is 0.524. The average Bonchev–Trinajstić information content (AvgIpc) is 3.32. The van der Waals surface area contributed by atoms with Crippen molar-refractivity contribution in [3.63, 3.8) is 0 Å². The molecule has 0 bridgehead atoms. The van der Waals surface area contributed by atoms with E-state index >= 15 is 0 Å². The van der Waals surface area contributed by atoms with Crippen LogP contribution in [0.3, 0.4) is 0 Å². The zero-order valence-corrected chi connectivity index (χ0v) is 16.5. The SMILES string of the molecule is CCNC(=NCCc1nccn1Cc1ccccc1)N1CCC(COC)C1. The topological polar surface area (TPSA) is 54.7 Å². The van der Waals surface area contributed by atoms with Crippen LogP contribution in [0.2, 0.25) is 0 Å². The van der Waals surface area contributed by atoms with Gasteiger partial charge < -0.3 is 19.5 Å². The van der Waals surface area contributed by atoms with Gasteiger partial charge in [-0.05, 0) is 18.9 Å². The van der Waals surface area contributed by atoms with Crippen LogP contribution < -0.4 is 5.32 Å². The fourth-order valence-electron chi connectivity index (χ4n) is 3.58. The van der Waals surface area contributed by atoms with Gasteiger partial charge in [-0.3, -0.25) is 4.99 Å². The first-order chi connectivity index (χ1) is 13.3. The molecule has 1 aliphatic rings. The van der Waals surface area contributed by atoms with E-state index in [0.717, 1.165) is 57.5 Å². The Labute approximate surface area is 162 Å². The quantitative estimate of drug-likeness (QED) is 0.573. The second kappa shape index (κ2) is 10.1. The minimum Gasteiger partial charge on any atom is -0.384 e. The highest BCUT2D eigenvalue weighted by Crippen LogP contribution is 2.16. The number of guanidine groups is 1. The maximum absolute atomic E-state index is 5.31. The van der Waals surface area contributed by atoms with Gasteiger partial charge in [-0.15, -0.1) is 0 Å². The number of aliphatic imine (C=N–C) groups is 1. The fourth-order valence-corrected chi connectivity index (χ4v) is 3.58. The summed E-state index contributed by atoms with van der Waals surface area (Å²) >= 11 is 0. The van der Waals surface area contributed by atoms with E-state index in [0.29, 0.717) is 5.92 Å². The number of ether oxygens (including phenoxy) is 1. The third kappa shape index (κ3) is 5.57. The van der Waals surface area contributed by atoms with Gasteiger partial charge in [-0.1, -0.05) is 30.3 Å². The molecule has 2 heterocycles. The molecule has 6 nitrogen and oxygen atoms in total. The zero-order chi connectivity index (χ0) is 18.9. The summed E-state index contributed by atoms with van der Waals surface area (Å²) in [5.41, 5.74) is 1.29. The summed E-state index contributed by atoms with van der Waals surface area (Å²) in [4.78, 5) is 11.7. The molecule has 3 rings (SSSR count). The number of imidazole rings is 1. The predicted octanol–water partition coefficient (Wildman–Crippen LogP) is 2.41. The molecule has 1 aromatic heterocycles. The van der Waals surface area contributed by atoms with Crippen LogP contribution >= 0.6 is 0 Å². The first-order valence-corrected chi connectivity index (χ1v) is 9.86. The third-order valence-electron chi connectivity index (χ3n) is 4.92. The van der Waals surface area contributed by atoms with Crippen LogP contribution in [0.5, 0.6) is 0 Å². The zero-order valence-electron chi connectivity index (χ0n) is 16.5. The van der Waals surface area contributed by atoms with Gasteiger partial charge in [0.05, 0.1) is 6.61 Å². The summed E-state index contributed by atoms with van der Waals surface area (Å²) < 4.78 is 7.52. The van der Waals surface area contributed by atoms with Crippen LogP contribution in [-0.4, -0.2) is 60.3 Å². The predicted molar refractivity (Wildman–Crippen MR) is 109 cm³/mol. The number of nitrogens with zero attached hydrogens (tertiary/aromatic N) is 4. The van der Waals surface area contributed by atoms with Crippen molar-refractivity contribution >= 4 is 5.96 Å². The number of aromatic nitrogens is 2. The highest BCUT2D eigenvalue weighted by molar-refractivity contribution is 5.80. The van der Waals surface area contributed by atoms with Crippen LogP contribution in [0.15, 0.2) is 47.7 Å². The molecule has 146 valence electrons. The first-order valence-electron chi connectivity index (χ1n) is 9.86. The maximum Gasteiger partial charge on any atom is 0.193 e. The van der Waals surface area contributed by atoms with Gasteiger partial charge in [-0.2, -0.15) is 0 Å². The molecule has 1 unspecified atom stereocenters. The van der Waals surface area contributed by atoms with Crippen molar-refractivity contribution in [3.8, 4) is 0 Å². The van der Waals surface area contributed by atoms with Crippen LogP contribution in [0.1, 0.15) is 24.7 Å². The maximum atomic E-state index is 5.31. The summed E-state index contributed by atoms with van der Waals surface area (Å²) in [6, 6.07) is 10.5. The van der Waals surface area contributed by atoms with E-state index in [4.69, 9.17) is 9.73 Å². The molecular formula is C21H31N5O. The lowest BCUT2D eigenvalue weighted by Gasteiger charge is -2.21. The Kier molecular flexibility index (Phi) is 7.27. The van der Waals surface area contributed by atoms with E-state index in [1.165, 1.54) is 12.0 Å². The molecule has 1 fully saturated rings. The molecule has 1 saturated heterocycles. The first kappa shape index (κ1) is 19.4. The standard InChI is InChI=1S/C21H31N5O/c1-3-22-21(26-13-10-19(16-26)17-27-2)24-11-9-20-23-12-14-25(20)15-18-7-5-4-6-8-18/h4-8,12,14,19H,3,9-11,13,15-17H2,1-2H3,(H,22,24). The molecule has 0 saturated carbocycles. The normalized spacial score (nSPS) is 17.5. The minimum atomic E-state index is 0.601. The van der Waals surface area contributed by atoms with Gasteiger partial charge >= 0.3 is 0 Å². The van der Waals surface area contributed by atoms with Crippen LogP contribution in [0, 0.1) is 5.92 Å². The smallest absolute Gasteiger partial charge is 0.193 e. The largest absolute Gasteiger partial charge is 0.384 e. The number of benzene rings is 1. The van der Waals surface area contributed by atoms with E-state index in [1.807, 2.05) is 18.5 Å². The average molecular weight is 370 g/mol. The van der Waals surface area contributed by atoms with Crippen molar-refractivity contribution in [2.75, 3.05) is 39.9 Å². The van der Waals surface area contributed by atoms with Crippen LogP contribution in [0.4, 0.5) is 0 Å². The van der Waals surface area contributed by atoms with Crippen molar-refractivity contribution in [1.82, 2.24) is 19.8 Å². The molecule has 1 aliphatic heterocycles. The van der Waals surface area contributed by atoms with Crippen molar-refractivity contribution in [3.05, 3.63) is 54.1 Å². The lowest BCUT2D eigenvalue weighted by atomic mass is 10.1. The van der Waals surface area contributed by atoms with Gasteiger partial charge in [0.15, 0.2) is 5.96 Å². The molecule has 27 heavy (non-hydrogen) atoms. The van der Waals surface area contributed by atoms with Gasteiger partial charge in [0.1, 0.15) is 5.82 Å². The summed E-state index contributed by atoms with van der Waals surface area (Å²) in [7, 11) is 1.78. The van der Waals surface area contributed by atoms with Crippen molar-refractivity contribution < 1.29 is 4.74 Å². The number of rotatable bonds is 8. The van der Waals surface area contributed by atoms with Gasteiger partial charge in [0.25, 0.3) is 0 Å². The van der Waals surface area contributed by atoms with E-state index in [-0.39, 0.29) is 0 Å². The lowest BCUT2D eigenvalue weighted by molar-refractivity contribution is 0.157. The van der Waals surface area contributed by atoms with Crippen molar-refractivity contribution in [2.24, 2.45) is 10.9 Å². The summed E-state index contributed by atoms with van der Waals surface area (Å²) in [6.45, 7) is 7.47. The summed E-state index contributed by atoms with van der Waals surface area (Å²) in [5.74, 6) is 2.69. The molecule has 6 heteroatoms. The Morgan fingerprint density at radius 1 is 1.33 bits per heavy atom. The second-order valence-electron chi connectivity index (χ2n) is 7.00. The highest BCUT2D eigenvalue weighted by Gasteiger charge is 2.24. The second-order valence-corrected chi connectivity index (χ2v) is 7.00. The van der Waals surface area contributed by atoms with Gasteiger partial charge in [0.2, 0.25) is 0 Å². The van der Waals surface area contributed by atoms with E-state index in [2.05, 4.69) is 51.0 Å². The van der Waals surface area contributed by atoms with Crippen LogP contribution in [-0.2, 0) is 17.7 Å². The number of nitrogens with one attached hydrogen (secondary N) is 1. The lowest BCUT2D eigenvalue weighted by Crippen LogP contribution is -2.40. The Morgan fingerprint density at radius 3 is 2.96 bits per heavy atom. The Bertz CT molecular complexity index is 712. The van der Waals surface area contributed by atoms with Gasteiger partial charge in [0, 0.05) is 64.6 Å². The van der Waals surface area contributed by atoms with E-state index in [9.17, 15) is 0 Å². The Balaban J connectivity index is 1.57. The van der Waals surface area contributed by atoms with E-state index in [1.54, 1.807) is 7.11 Å². The van der Waals surface area contributed by atoms with Crippen molar-refractivity contribution in [1.29, 1.82) is 0 Å².